The number of nitrogens with one attached hydrogen (secondary N) is 2. The molecular weight excluding hydrogens is 392 g/mol. The number of aliphatic imine (C=N–C) groups is 1. The van der Waals surface area contributed by atoms with E-state index in [1.165, 1.54) is 68.9 Å². The highest BCUT2D eigenvalue weighted by Gasteiger charge is 2.21. The average molecular weight is 435 g/mol. The van der Waals surface area contributed by atoms with Gasteiger partial charge in [0.05, 0.1) is 10.7 Å². The molecule has 2 aliphatic heterocycles. The number of piperidine rings is 2. The van der Waals surface area contributed by atoms with Crippen LogP contribution in [0.25, 0.3) is 0 Å². The number of likely N-dealkylation sites (tertiary alicyclic amines) is 2. The van der Waals surface area contributed by atoms with E-state index in [2.05, 4.69) is 44.7 Å². The summed E-state index contributed by atoms with van der Waals surface area (Å²) >= 11 is 1.80. The lowest BCUT2D eigenvalue weighted by atomic mass is 9.97. The normalized spacial score (nSPS) is 22.4. The second-order valence-corrected chi connectivity index (χ2v) is 9.72. The summed E-state index contributed by atoms with van der Waals surface area (Å²) in [5.74, 6) is 1.69. The first-order chi connectivity index (χ1) is 14.7. The van der Waals surface area contributed by atoms with Crippen molar-refractivity contribution in [2.75, 3.05) is 46.3 Å². The van der Waals surface area contributed by atoms with Crippen LogP contribution in [0.4, 0.5) is 0 Å². The molecule has 1 aromatic heterocycles. The molecule has 7 heteroatoms. The average Bonchev–Trinajstić information content (AvgIpc) is 3.25. The first-order valence-corrected chi connectivity index (χ1v) is 12.9. The summed E-state index contributed by atoms with van der Waals surface area (Å²) in [7, 11) is 1.88. The maximum Gasteiger partial charge on any atom is 0.191 e. The summed E-state index contributed by atoms with van der Waals surface area (Å²) in [6.07, 6.45) is 8.93. The Morgan fingerprint density at radius 1 is 1.17 bits per heavy atom. The third kappa shape index (κ3) is 7.20. The standard InChI is InChI=1S/C23H42N6S/c1-4-21-8-6-7-12-29(21)15-11-25-23(24-3)26-16-19-9-13-28(14-10-19)17-20-18-30-22(5-2)27-20/h18-19,21H,4-17H2,1-3H3,(H2,24,25,26). The highest BCUT2D eigenvalue weighted by molar-refractivity contribution is 7.09. The molecule has 0 radical (unpaired) electrons. The van der Waals surface area contributed by atoms with Crippen LogP contribution in [0.1, 0.15) is 63.1 Å². The van der Waals surface area contributed by atoms with Gasteiger partial charge in [-0.25, -0.2) is 4.98 Å². The Morgan fingerprint density at radius 2 is 2.00 bits per heavy atom. The topological polar surface area (TPSA) is 55.8 Å². The molecule has 2 aliphatic rings. The van der Waals surface area contributed by atoms with E-state index in [9.17, 15) is 0 Å². The molecule has 6 nitrogen and oxygen atoms in total. The fourth-order valence-electron chi connectivity index (χ4n) is 4.76. The fraction of sp³-hybridized carbons (Fsp3) is 0.826. The predicted molar refractivity (Wildman–Crippen MR) is 128 cm³/mol. The zero-order chi connectivity index (χ0) is 21.2. The van der Waals surface area contributed by atoms with Crippen LogP contribution in [-0.2, 0) is 13.0 Å². The van der Waals surface area contributed by atoms with Crippen LogP contribution in [0.15, 0.2) is 10.4 Å². The summed E-state index contributed by atoms with van der Waals surface area (Å²) in [5.41, 5.74) is 1.25. The van der Waals surface area contributed by atoms with Gasteiger partial charge in [-0.15, -0.1) is 11.3 Å². The van der Waals surface area contributed by atoms with Crippen LogP contribution in [0, 0.1) is 5.92 Å². The van der Waals surface area contributed by atoms with Crippen LogP contribution in [-0.4, -0.2) is 73.1 Å². The summed E-state index contributed by atoms with van der Waals surface area (Å²) in [6.45, 7) is 12.2. The van der Waals surface area contributed by atoms with E-state index < -0.39 is 0 Å². The van der Waals surface area contributed by atoms with E-state index in [0.717, 1.165) is 50.5 Å². The van der Waals surface area contributed by atoms with Crippen molar-refractivity contribution in [3.63, 3.8) is 0 Å². The van der Waals surface area contributed by atoms with Crippen molar-refractivity contribution in [3.05, 3.63) is 16.1 Å². The van der Waals surface area contributed by atoms with Gasteiger partial charge in [-0.3, -0.25) is 14.8 Å². The van der Waals surface area contributed by atoms with Crippen LogP contribution < -0.4 is 10.6 Å². The van der Waals surface area contributed by atoms with Crippen molar-refractivity contribution in [1.82, 2.24) is 25.4 Å². The van der Waals surface area contributed by atoms with Crippen LogP contribution in [0.2, 0.25) is 0 Å². The molecular formula is C23H42N6S. The number of guanidine groups is 1. The maximum atomic E-state index is 4.72. The third-order valence-electron chi connectivity index (χ3n) is 6.69. The largest absolute Gasteiger partial charge is 0.356 e. The minimum absolute atomic E-state index is 0.730. The zero-order valence-corrected chi connectivity index (χ0v) is 20.1. The number of hydrogen-bond acceptors (Lipinski definition) is 5. The van der Waals surface area contributed by atoms with Gasteiger partial charge in [0.15, 0.2) is 5.96 Å². The van der Waals surface area contributed by atoms with Gasteiger partial charge in [-0.1, -0.05) is 20.3 Å². The molecule has 3 heterocycles. The minimum Gasteiger partial charge on any atom is -0.356 e. The molecule has 30 heavy (non-hydrogen) atoms. The molecule has 0 saturated carbocycles. The molecule has 0 aliphatic carbocycles. The van der Waals surface area contributed by atoms with Gasteiger partial charge in [0.25, 0.3) is 0 Å². The molecule has 1 aromatic rings. The number of aryl methyl sites for hydroxylation is 1. The lowest BCUT2D eigenvalue weighted by molar-refractivity contribution is 0.147. The van der Waals surface area contributed by atoms with Gasteiger partial charge in [0.2, 0.25) is 0 Å². The Hall–Kier alpha value is -1.18. The molecule has 2 N–H and O–H groups in total. The molecule has 2 fully saturated rings. The van der Waals surface area contributed by atoms with E-state index in [4.69, 9.17) is 4.98 Å². The Bertz CT molecular complexity index is 637. The number of nitrogens with zero attached hydrogens (tertiary/aromatic N) is 4. The molecule has 0 amide bonds. The first kappa shape index (κ1) is 23.5. The SMILES string of the molecule is CCc1nc(CN2CCC(CNC(=NC)NCCN3CCCCC3CC)CC2)cs1. The van der Waals surface area contributed by atoms with Crippen molar-refractivity contribution < 1.29 is 0 Å². The summed E-state index contributed by atoms with van der Waals surface area (Å²) in [4.78, 5) is 14.4. The Labute approximate surface area is 187 Å². The molecule has 3 rings (SSSR count). The third-order valence-corrected chi connectivity index (χ3v) is 7.73. The molecule has 1 atom stereocenters. The molecule has 0 bridgehead atoms. The first-order valence-electron chi connectivity index (χ1n) is 12.1. The van der Waals surface area contributed by atoms with Gasteiger partial charge in [-0.2, -0.15) is 0 Å². The molecule has 170 valence electrons. The predicted octanol–water partition coefficient (Wildman–Crippen LogP) is 3.35. The van der Waals surface area contributed by atoms with Gasteiger partial charge in [-0.05, 0) is 64.1 Å². The van der Waals surface area contributed by atoms with Crippen molar-refractivity contribution in [3.8, 4) is 0 Å². The number of aromatic nitrogens is 1. The van der Waals surface area contributed by atoms with Crippen molar-refractivity contribution in [2.24, 2.45) is 10.9 Å². The summed E-state index contributed by atoms with van der Waals surface area (Å²) in [6, 6.07) is 0.776. The summed E-state index contributed by atoms with van der Waals surface area (Å²) < 4.78 is 0. The van der Waals surface area contributed by atoms with E-state index in [1.807, 2.05) is 7.05 Å². The van der Waals surface area contributed by atoms with E-state index >= 15 is 0 Å². The quantitative estimate of drug-likeness (QED) is 0.461. The molecule has 0 aromatic carbocycles. The number of rotatable bonds is 9. The molecule has 2 saturated heterocycles. The van der Waals surface area contributed by atoms with Crippen LogP contribution >= 0.6 is 11.3 Å². The van der Waals surface area contributed by atoms with E-state index in [-0.39, 0.29) is 0 Å². The Kier molecular flexibility index (Phi) is 9.88. The van der Waals surface area contributed by atoms with Crippen LogP contribution in [0.5, 0.6) is 0 Å². The maximum absolute atomic E-state index is 4.72. The van der Waals surface area contributed by atoms with Gasteiger partial charge in [0.1, 0.15) is 0 Å². The lowest BCUT2D eigenvalue weighted by Gasteiger charge is -2.35. The van der Waals surface area contributed by atoms with Crippen molar-refractivity contribution in [2.45, 2.75) is 71.4 Å². The second kappa shape index (κ2) is 12.6. The number of thiazole rings is 1. The monoisotopic (exact) mass is 434 g/mol. The number of hydrogen-bond donors (Lipinski definition) is 2. The second-order valence-electron chi connectivity index (χ2n) is 8.78. The van der Waals surface area contributed by atoms with Crippen LogP contribution in [0.3, 0.4) is 0 Å². The minimum atomic E-state index is 0.730. The fourth-order valence-corrected chi connectivity index (χ4v) is 5.49. The van der Waals surface area contributed by atoms with Crippen molar-refractivity contribution in [1.29, 1.82) is 0 Å². The van der Waals surface area contributed by atoms with Gasteiger partial charge >= 0.3 is 0 Å². The lowest BCUT2D eigenvalue weighted by Crippen LogP contribution is -2.47. The highest BCUT2D eigenvalue weighted by atomic mass is 32.1. The Morgan fingerprint density at radius 3 is 2.70 bits per heavy atom. The van der Waals surface area contributed by atoms with E-state index in [1.54, 1.807) is 11.3 Å². The Balaban J connectivity index is 1.30. The molecule has 1 unspecified atom stereocenters. The van der Waals surface area contributed by atoms with Gasteiger partial charge < -0.3 is 10.6 Å². The zero-order valence-electron chi connectivity index (χ0n) is 19.3. The van der Waals surface area contributed by atoms with E-state index in [0.29, 0.717) is 0 Å². The molecule has 0 spiro atoms. The highest BCUT2D eigenvalue weighted by Crippen LogP contribution is 2.20. The van der Waals surface area contributed by atoms with Crippen molar-refractivity contribution >= 4 is 17.3 Å². The smallest absolute Gasteiger partial charge is 0.191 e. The van der Waals surface area contributed by atoms with Gasteiger partial charge in [0, 0.05) is 44.6 Å². The summed E-state index contributed by atoms with van der Waals surface area (Å²) in [5, 5.41) is 10.6.